The lowest BCUT2D eigenvalue weighted by Gasteiger charge is -2.08. The Morgan fingerprint density at radius 3 is 2.35 bits per heavy atom. The quantitative estimate of drug-likeness (QED) is 0.181. The number of esters is 1. The van der Waals surface area contributed by atoms with Crippen LogP contribution < -0.4 is 0 Å². The molecule has 0 radical (unpaired) electrons. The number of carbonyl (C=O) groups excluding carboxylic acids is 1. The van der Waals surface area contributed by atoms with Gasteiger partial charge in [0, 0.05) is 18.9 Å². The van der Waals surface area contributed by atoms with Crippen LogP contribution in [-0.2, 0) is 14.3 Å². The Labute approximate surface area is 161 Å². The summed E-state index contributed by atoms with van der Waals surface area (Å²) in [5.41, 5.74) is 0. The molecule has 1 heterocycles. The molecule has 3 heteroatoms. The summed E-state index contributed by atoms with van der Waals surface area (Å²) in [6.45, 7) is 4.35. The minimum absolute atomic E-state index is 0.0393. The van der Waals surface area contributed by atoms with E-state index >= 15 is 0 Å². The lowest BCUT2D eigenvalue weighted by molar-refractivity contribution is -0.145. The number of carbonyl (C=O) groups is 1. The van der Waals surface area contributed by atoms with Crippen LogP contribution in [0.2, 0.25) is 0 Å². The van der Waals surface area contributed by atoms with Gasteiger partial charge in [0.05, 0.1) is 13.2 Å². The topological polar surface area (TPSA) is 35.5 Å². The molecule has 1 aliphatic rings. The van der Waals surface area contributed by atoms with E-state index in [4.69, 9.17) is 9.47 Å². The van der Waals surface area contributed by atoms with Gasteiger partial charge in [-0.2, -0.15) is 0 Å². The normalized spacial score (nSPS) is 17.5. The molecule has 0 N–H and O–H groups in total. The summed E-state index contributed by atoms with van der Waals surface area (Å²) in [4.78, 5) is 11.7. The third-order valence-electron chi connectivity index (χ3n) is 4.84. The van der Waals surface area contributed by atoms with Gasteiger partial charge in [0.25, 0.3) is 0 Å². The fourth-order valence-corrected chi connectivity index (χ4v) is 3.08. The van der Waals surface area contributed by atoms with Crippen LogP contribution in [0.5, 0.6) is 0 Å². The summed E-state index contributed by atoms with van der Waals surface area (Å²) in [5.74, 6) is 0.381. The lowest BCUT2D eigenvalue weighted by atomic mass is 10.1. The van der Waals surface area contributed by atoms with Crippen molar-refractivity contribution in [2.75, 3.05) is 19.8 Å². The van der Waals surface area contributed by atoms with Gasteiger partial charge in [0.2, 0.25) is 0 Å². The van der Waals surface area contributed by atoms with E-state index in [1.54, 1.807) is 0 Å². The first-order valence-corrected chi connectivity index (χ1v) is 10.9. The van der Waals surface area contributed by atoms with Gasteiger partial charge in [0.15, 0.2) is 0 Å². The van der Waals surface area contributed by atoms with Gasteiger partial charge in [-0.1, -0.05) is 63.3 Å². The third-order valence-corrected chi connectivity index (χ3v) is 4.84. The molecule has 1 rings (SSSR count). The van der Waals surface area contributed by atoms with Crippen LogP contribution in [-0.4, -0.2) is 25.8 Å². The summed E-state index contributed by atoms with van der Waals surface area (Å²) in [6.07, 6.45) is 24.0. The Balaban J connectivity index is 1.79. The van der Waals surface area contributed by atoms with E-state index in [0.29, 0.717) is 18.9 Å². The molecule has 0 spiro atoms. The number of ether oxygens (including phenoxy) is 2. The smallest absolute Gasteiger partial charge is 0.305 e. The van der Waals surface area contributed by atoms with Crippen LogP contribution in [0.4, 0.5) is 0 Å². The molecule has 1 fully saturated rings. The van der Waals surface area contributed by atoms with E-state index in [2.05, 4.69) is 31.2 Å². The molecule has 1 saturated heterocycles. The molecule has 3 nitrogen and oxygen atoms in total. The van der Waals surface area contributed by atoms with Crippen molar-refractivity contribution in [1.29, 1.82) is 0 Å². The molecule has 0 aromatic carbocycles. The summed E-state index contributed by atoms with van der Waals surface area (Å²) in [5, 5.41) is 0. The number of rotatable bonds is 16. The van der Waals surface area contributed by atoms with Crippen molar-refractivity contribution in [3.63, 3.8) is 0 Å². The highest BCUT2D eigenvalue weighted by atomic mass is 16.5. The molecule has 0 aromatic rings. The highest BCUT2D eigenvalue weighted by molar-refractivity contribution is 5.69. The maximum atomic E-state index is 11.7. The van der Waals surface area contributed by atoms with E-state index in [9.17, 15) is 4.79 Å². The largest absolute Gasteiger partial charge is 0.465 e. The molecule has 0 saturated carbocycles. The zero-order valence-electron chi connectivity index (χ0n) is 16.9. The minimum Gasteiger partial charge on any atom is -0.465 e. The summed E-state index contributed by atoms with van der Waals surface area (Å²) < 4.78 is 10.6. The van der Waals surface area contributed by atoms with Crippen molar-refractivity contribution in [2.24, 2.45) is 5.92 Å². The van der Waals surface area contributed by atoms with Crippen molar-refractivity contribution < 1.29 is 14.3 Å². The van der Waals surface area contributed by atoms with Crippen molar-refractivity contribution in [1.82, 2.24) is 0 Å². The van der Waals surface area contributed by atoms with Crippen LogP contribution in [0.1, 0.15) is 90.4 Å². The van der Waals surface area contributed by atoms with E-state index in [0.717, 1.165) is 38.9 Å². The molecular formula is C23H40O3. The maximum absolute atomic E-state index is 11.7. The first-order chi connectivity index (χ1) is 12.8. The van der Waals surface area contributed by atoms with E-state index in [1.165, 1.54) is 51.4 Å². The first kappa shape index (κ1) is 23.0. The van der Waals surface area contributed by atoms with Gasteiger partial charge in [-0.3, -0.25) is 4.79 Å². The second-order valence-corrected chi connectivity index (χ2v) is 7.39. The van der Waals surface area contributed by atoms with E-state index < -0.39 is 0 Å². The number of hydrogen-bond acceptors (Lipinski definition) is 3. The SMILES string of the molecule is CCCCC/C=C\C/C=C\CCCCCCCC(=O)OCC1CCOC1. The monoisotopic (exact) mass is 364 g/mol. The molecule has 1 aliphatic heterocycles. The third kappa shape index (κ3) is 14.1. The zero-order valence-corrected chi connectivity index (χ0v) is 16.9. The van der Waals surface area contributed by atoms with Gasteiger partial charge in [-0.25, -0.2) is 0 Å². The van der Waals surface area contributed by atoms with E-state index in [-0.39, 0.29) is 5.97 Å². The number of allylic oxidation sites excluding steroid dienone is 4. The first-order valence-electron chi connectivity index (χ1n) is 10.9. The van der Waals surface area contributed by atoms with Gasteiger partial charge < -0.3 is 9.47 Å². The van der Waals surface area contributed by atoms with Crippen molar-refractivity contribution >= 4 is 5.97 Å². The van der Waals surface area contributed by atoms with Gasteiger partial charge in [0.1, 0.15) is 0 Å². The highest BCUT2D eigenvalue weighted by Crippen LogP contribution is 2.13. The Kier molecular flexibility index (Phi) is 15.3. The predicted octanol–water partition coefficient (Wildman–Crippen LogP) is 6.38. The molecule has 0 bridgehead atoms. The van der Waals surface area contributed by atoms with Gasteiger partial charge in [-0.05, 0) is 44.9 Å². The van der Waals surface area contributed by atoms with Crippen LogP contribution in [0.3, 0.4) is 0 Å². The van der Waals surface area contributed by atoms with Gasteiger partial charge in [-0.15, -0.1) is 0 Å². The van der Waals surface area contributed by atoms with Gasteiger partial charge >= 0.3 is 5.97 Å². The van der Waals surface area contributed by atoms with E-state index in [1.807, 2.05) is 0 Å². The molecule has 26 heavy (non-hydrogen) atoms. The van der Waals surface area contributed by atoms with Crippen LogP contribution >= 0.6 is 0 Å². The second kappa shape index (κ2) is 17.3. The average Bonchev–Trinajstić information content (AvgIpc) is 3.17. The number of hydrogen-bond donors (Lipinski definition) is 0. The minimum atomic E-state index is -0.0393. The fraction of sp³-hybridized carbons (Fsp3) is 0.783. The molecular weight excluding hydrogens is 324 g/mol. The molecule has 150 valence electrons. The summed E-state index contributed by atoms with van der Waals surface area (Å²) >= 11 is 0. The molecule has 0 amide bonds. The Morgan fingerprint density at radius 1 is 0.962 bits per heavy atom. The fourth-order valence-electron chi connectivity index (χ4n) is 3.08. The molecule has 0 aliphatic carbocycles. The van der Waals surface area contributed by atoms with Crippen LogP contribution in [0.15, 0.2) is 24.3 Å². The summed E-state index contributed by atoms with van der Waals surface area (Å²) in [7, 11) is 0. The van der Waals surface area contributed by atoms with Crippen molar-refractivity contribution in [2.45, 2.75) is 90.4 Å². The standard InChI is InChI=1S/C23H40O3/c1-2-3-4-5-6-7-8-9-10-11-12-13-14-15-16-17-23(24)26-21-22-18-19-25-20-22/h6-7,9-10,22H,2-5,8,11-21H2,1H3/b7-6-,10-9-. The zero-order chi connectivity index (χ0) is 18.7. The molecule has 1 unspecified atom stereocenters. The second-order valence-electron chi connectivity index (χ2n) is 7.39. The number of unbranched alkanes of at least 4 members (excludes halogenated alkanes) is 8. The molecule has 1 atom stereocenters. The molecule has 0 aromatic heterocycles. The van der Waals surface area contributed by atoms with Crippen molar-refractivity contribution in [3.05, 3.63) is 24.3 Å². The Morgan fingerprint density at radius 2 is 1.65 bits per heavy atom. The predicted molar refractivity (Wildman–Crippen MR) is 109 cm³/mol. The lowest BCUT2D eigenvalue weighted by Crippen LogP contribution is -2.13. The maximum Gasteiger partial charge on any atom is 0.305 e. The van der Waals surface area contributed by atoms with Crippen molar-refractivity contribution in [3.8, 4) is 0 Å². The van der Waals surface area contributed by atoms with Crippen LogP contribution in [0.25, 0.3) is 0 Å². The van der Waals surface area contributed by atoms with Crippen LogP contribution in [0, 0.1) is 5.92 Å². The Hall–Kier alpha value is -1.09. The summed E-state index contributed by atoms with van der Waals surface area (Å²) in [6, 6.07) is 0. The average molecular weight is 365 g/mol. The Bertz CT molecular complexity index is 381. The highest BCUT2D eigenvalue weighted by Gasteiger charge is 2.17.